The molecule has 3 nitrogen and oxygen atoms in total. The highest BCUT2D eigenvalue weighted by atomic mass is 31.2. The maximum atomic E-state index is 15.4. The standard InChI is InChI=1S/C48H33N2OP/c51-52(37-23-9-3-10-24-37,38-25-11-4-12-26-38)39-27-17-22-36(32-39)46-40-28-13-15-30-42(40)47(43-31-16-14-29-41(43)46)48-49-44(34-18-5-1-6-19-34)33-45(50-48)35-20-7-2-8-21-35/h1-33H. The van der Waals surface area contributed by atoms with E-state index in [1.54, 1.807) is 0 Å². The first kappa shape index (κ1) is 31.6. The van der Waals surface area contributed by atoms with Crippen molar-refractivity contribution in [1.29, 1.82) is 0 Å². The number of fused-ring (bicyclic) bond motifs is 2. The van der Waals surface area contributed by atoms with Crippen molar-refractivity contribution in [2.75, 3.05) is 0 Å². The lowest BCUT2D eigenvalue weighted by Crippen LogP contribution is -2.25. The Morgan fingerprint density at radius 1 is 0.327 bits per heavy atom. The first-order valence-electron chi connectivity index (χ1n) is 17.4. The fourth-order valence-electron chi connectivity index (χ4n) is 7.33. The lowest BCUT2D eigenvalue weighted by atomic mass is 9.88. The normalized spacial score (nSPS) is 11.5. The van der Waals surface area contributed by atoms with Crippen LogP contribution in [0.2, 0.25) is 0 Å². The van der Waals surface area contributed by atoms with Gasteiger partial charge in [-0.1, -0.05) is 188 Å². The first-order valence-corrected chi connectivity index (χ1v) is 19.2. The SMILES string of the molecule is O=P(c1ccccc1)(c1ccccc1)c1cccc(-c2c3ccccc3c(-c3nc(-c4ccccc4)cc(-c4ccccc4)n3)c3ccccc23)c1. The molecular weight excluding hydrogens is 652 g/mol. The summed E-state index contributed by atoms with van der Waals surface area (Å²) >= 11 is 0. The molecule has 8 aromatic carbocycles. The molecule has 246 valence electrons. The minimum Gasteiger partial charge on any atom is -0.309 e. The number of aromatic nitrogens is 2. The molecular formula is C48H33N2OP. The van der Waals surface area contributed by atoms with Crippen molar-refractivity contribution in [1.82, 2.24) is 9.97 Å². The Hall–Kier alpha value is -6.41. The molecule has 52 heavy (non-hydrogen) atoms. The lowest BCUT2D eigenvalue weighted by molar-refractivity contribution is 0.592. The fourth-order valence-corrected chi connectivity index (χ4v) is 10.0. The van der Waals surface area contributed by atoms with Crippen molar-refractivity contribution in [3.8, 4) is 45.0 Å². The van der Waals surface area contributed by atoms with E-state index in [2.05, 4.69) is 91.0 Å². The van der Waals surface area contributed by atoms with E-state index >= 15 is 4.57 Å². The molecule has 9 rings (SSSR count). The van der Waals surface area contributed by atoms with Crippen LogP contribution in [0.3, 0.4) is 0 Å². The van der Waals surface area contributed by atoms with Crippen LogP contribution in [0.5, 0.6) is 0 Å². The van der Waals surface area contributed by atoms with Gasteiger partial charge in [0, 0.05) is 32.6 Å². The Labute approximate surface area is 303 Å². The molecule has 0 amide bonds. The van der Waals surface area contributed by atoms with Crippen LogP contribution in [0.25, 0.3) is 66.6 Å². The van der Waals surface area contributed by atoms with Gasteiger partial charge in [-0.05, 0) is 44.8 Å². The highest BCUT2D eigenvalue weighted by Crippen LogP contribution is 2.46. The Balaban J connectivity index is 1.31. The van der Waals surface area contributed by atoms with E-state index < -0.39 is 7.14 Å². The summed E-state index contributed by atoms with van der Waals surface area (Å²) in [6.07, 6.45) is 0. The zero-order valence-electron chi connectivity index (χ0n) is 28.3. The summed E-state index contributed by atoms with van der Waals surface area (Å²) in [5.41, 5.74) is 6.89. The van der Waals surface area contributed by atoms with Crippen LogP contribution in [-0.2, 0) is 4.57 Å². The average molecular weight is 685 g/mol. The van der Waals surface area contributed by atoms with Crippen molar-refractivity contribution in [2.24, 2.45) is 0 Å². The summed E-state index contributed by atoms with van der Waals surface area (Å²) < 4.78 is 15.4. The van der Waals surface area contributed by atoms with Gasteiger partial charge in [-0.15, -0.1) is 0 Å². The molecule has 0 spiro atoms. The Morgan fingerprint density at radius 3 is 1.15 bits per heavy atom. The second-order valence-corrected chi connectivity index (χ2v) is 15.6. The van der Waals surface area contributed by atoms with E-state index in [1.165, 1.54) is 0 Å². The maximum absolute atomic E-state index is 15.4. The molecule has 0 fully saturated rings. The molecule has 0 saturated heterocycles. The smallest absolute Gasteiger partial charge is 0.171 e. The van der Waals surface area contributed by atoms with Crippen LogP contribution in [0, 0.1) is 0 Å². The van der Waals surface area contributed by atoms with Crippen LogP contribution in [0.4, 0.5) is 0 Å². The van der Waals surface area contributed by atoms with E-state index in [9.17, 15) is 0 Å². The highest BCUT2D eigenvalue weighted by molar-refractivity contribution is 7.85. The van der Waals surface area contributed by atoms with Crippen LogP contribution in [-0.4, -0.2) is 9.97 Å². The molecule has 0 N–H and O–H groups in total. The molecule has 1 aromatic heterocycles. The summed E-state index contributed by atoms with van der Waals surface area (Å²) in [5.74, 6) is 0.672. The highest BCUT2D eigenvalue weighted by Gasteiger charge is 2.30. The Kier molecular flexibility index (Phi) is 8.12. The Morgan fingerprint density at radius 2 is 0.692 bits per heavy atom. The molecule has 0 bridgehead atoms. The Bertz CT molecular complexity index is 2590. The average Bonchev–Trinajstić information content (AvgIpc) is 3.23. The molecule has 0 aliphatic rings. The van der Waals surface area contributed by atoms with Gasteiger partial charge in [0.2, 0.25) is 0 Å². The topological polar surface area (TPSA) is 42.9 Å². The fraction of sp³-hybridized carbons (Fsp3) is 0. The van der Waals surface area contributed by atoms with Gasteiger partial charge >= 0.3 is 0 Å². The van der Waals surface area contributed by atoms with Gasteiger partial charge < -0.3 is 4.57 Å². The van der Waals surface area contributed by atoms with Crippen molar-refractivity contribution < 1.29 is 4.57 Å². The molecule has 0 unspecified atom stereocenters. The molecule has 0 aliphatic heterocycles. The number of benzene rings is 8. The number of hydrogen-bond acceptors (Lipinski definition) is 3. The third-order valence-electron chi connectivity index (χ3n) is 9.76. The van der Waals surface area contributed by atoms with Gasteiger partial charge in [-0.2, -0.15) is 0 Å². The molecule has 1 heterocycles. The molecule has 4 heteroatoms. The van der Waals surface area contributed by atoms with Crippen molar-refractivity contribution in [3.05, 3.63) is 200 Å². The lowest BCUT2D eigenvalue weighted by Gasteiger charge is -2.22. The second kappa shape index (κ2) is 13.4. The minimum absolute atomic E-state index is 0.672. The summed E-state index contributed by atoms with van der Waals surface area (Å²) in [5, 5.41) is 6.70. The van der Waals surface area contributed by atoms with Crippen LogP contribution >= 0.6 is 7.14 Å². The van der Waals surface area contributed by atoms with E-state index in [1.807, 2.05) is 109 Å². The van der Waals surface area contributed by atoms with E-state index in [0.717, 1.165) is 76.7 Å². The van der Waals surface area contributed by atoms with Gasteiger partial charge in [0.1, 0.15) is 0 Å². The molecule has 0 radical (unpaired) electrons. The summed E-state index contributed by atoms with van der Waals surface area (Å²) in [6, 6.07) is 67.8. The molecule has 0 saturated carbocycles. The van der Waals surface area contributed by atoms with Gasteiger partial charge in [-0.25, -0.2) is 9.97 Å². The molecule has 0 aliphatic carbocycles. The maximum Gasteiger partial charge on any atom is 0.171 e. The predicted octanol–water partition coefficient (Wildman–Crippen LogP) is 11.1. The minimum atomic E-state index is -3.19. The summed E-state index contributed by atoms with van der Waals surface area (Å²) in [6.45, 7) is 0. The zero-order chi connectivity index (χ0) is 34.9. The van der Waals surface area contributed by atoms with Gasteiger partial charge in [0.25, 0.3) is 0 Å². The van der Waals surface area contributed by atoms with Crippen molar-refractivity contribution >= 4 is 44.6 Å². The van der Waals surface area contributed by atoms with Gasteiger partial charge in [0.05, 0.1) is 11.4 Å². The summed E-state index contributed by atoms with van der Waals surface area (Å²) in [4.78, 5) is 10.5. The van der Waals surface area contributed by atoms with E-state index in [4.69, 9.17) is 9.97 Å². The molecule has 9 aromatic rings. The number of nitrogens with zero attached hydrogens (tertiary/aromatic N) is 2. The van der Waals surface area contributed by atoms with Crippen LogP contribution < -0.4 is 15.9 Å². The van der Waals surface area contributed by atoms with Crippen molar-refractivity contribution in [3.63, 3.8) is 0 Å². The zero-order valence-corrected chi connectivity index (χ0v) is 29.2. The van der Waals surface area contributed by atoms with Crippen LogP contribution in [0.1, 0.15) is 0 Å². The molecule has 0 atom stereocenters. The van der Waals surface area contributed by atoms with E-state index in [0.29, 0.717) is 5.82 Å². The quantitative estimate of drug-likeness (QED) is 0.124. The third kappa shape index (κ3) is 5.53. The monoisotopic (exact) mass is 684 g/mol. The van der Waals surface area contributed by atoms with Gasteiger partial charge in [0.15, 0.2) is 13.0 Å². The van der Waals surface area contributed by atoms with E-state index in [-0.39, 0.29) is 0 Å². The second-order valence-electron chi connectivity index (χ2n) is 12.9. The number of rotatable bonds is 7. The van der Waals surface area contributed by atoms with Crippen molar-refractivity contribution in [2.45, 2.75) is 0 Å². The van der Waals surface area contributed by atoms with Crippen LogP contribution in [0.15, 0.2) is 200 Å². The van der Waals surface area contributed by atoms with Gasteiger partial charge in [-0.3, -0.25) is 0 Å². The largest absolute Gasteiger partial charge is 0.309 e. The predicted molar refractivity (Wildman–Crippen MR) is 218 cm³/mol. The number of hydrogen-bond donors (Lipinski definition) is 0. The first-order chi connectivity index (χ1) is 25.7. The third-order valence-corrected chi connectivity index (χ3v) is 12.8. The summed E-state index contributed by atoms with van der Waals surface area (Å²) in [7, 11) is -3.19.